The van der Waals surface area contributed by atoms with E-state index in [0.717, 1.165) is 35.0 Å². The molecule has 3 aromatic rings. The lowest BCUT2D eigenvalue weighted by molar-refractivity contribution is -0.136. The Morgan fingerprint density at radius 2 is 1.79 bits per heavy atom. The summed E-state index contributed by atoms with van der Waals surface area (Å²) in [6.45, 7) is 6.20. The predicted molar refractivity (Wildman–Crippen MR) is 129 cm³/mol. The number of carbonyl (C=O) groups excluding carboxylic acids is 2. The first-order chi connectivity index (χ1) is 15.6. The highest BCUT2D eigenvalue weighted by atomic mass is 16.6. The number of esters is 1. The van der Waals surface area contributed by atoms with Crippen molar-refractivity contribution in [2.45, 2.75) is 45.3 Å². The van der Waals surface area contributed by atoms with Crippen LogP contribution in [0.5, 0.6) is 5.75 Å². The number of H-pyrrole nitrogens is 1. The van der Waals surface area contributed by atoms with Gasteiger partial charge in [0.25, 0.3) is 0 Å². The summed E-state index contributed by atoms with van der Waals surface area (Å²) in [5, 5.41) is 3.57. The lowest BCUT2D eigenvalue weighted by Crippen LogP contribution is -2.46. The largest absolute Gasteiger partial charge is 0.444 e. The van der Waals surface area contributed by atoms with E-state index in [1.807, 2.05) is 62.8 Å². The minimum atomic E-state index is -0.901. The minimum Gasteiger partial charge on any atom is -0.444 e. The molecule has 0 fully saturated rings. The molecule has 7 nitrogen and oxygen atoms in total. The van der Waals surface area contributed by atoms with E-state index >= 15 is 0 Å². The summed E-state index contributed by atoms with van der Waals surface area (Å²) in [6, 6.07) is 14.2. The van der Waals surface area contributed by atoms with Crippen molar-refractivity contribution >= 4 is 23.0 Å². The van der Waals surface area contributed by atoms with Crippen molar-refractivity contribution in [3.05, 3.63) is 65.9 Å². The first-order valence-electron chi connectivity index (χ1n) is 11.1. The van der Waals surface area contributed by atoms with Gasteiger partial charge in [-0.25, -0.2) is 9.59 Å². The van der Waals surface area contributed by atoms with Crippen LogP contribution in [0.1, 0.15) is 31.9 Å². The van der Waals surface area contributed by atoms with Gasteiger partial charge in [0, 0.05) is 30.1 Å². The number of hydrogen-bond acceptors (Lipinski definition) is 5. The van der Waals surface area contributed by atoms with Crippen LogP contribution in [0.15, 0.2) is 54.7 Å². The number of carbonyl (C=O) groups is 2. The van der Waals surface area contributed by atoms with Gasteiger partial charge < -0.3 is 24.7 Å². The zero-order chi connectivity index (χ0) is 24.0. The molecule has 0 saturated carbocycles. The zero-order valence-electron chi connectivity index (χ0n) is 20.0. The fourth-order valence-electron chi connectivity index (χ4n) is 3.52. The third kappa shape index (κ3) is 7.08. The molecule has 0 spiro atoms. The third-order valence-corrected chi connectivity index (χ3v) is 5.05. The van der Waals surface area contributed by atoms with E-state index in [0.29, 0.717) is 5.75 Å². The summed E-state index contributed by atoms with van der Waals surface area (Å²) in [5.41, 5.74) is 2.20. The monoisotopic (exact) mass is 451 g/mol. The van der Waals surface area contributed by atoms with Crippen LogP contribution >= 0.6 is 0 Å². The fraction of sp³-hybridized carbons (Fsp3) is 0.385. The second-order valence-electron chi connectivity index (χ2n) is 9.36. The molecular weight excluding hydrogens is 418 g/mol. The number of amides is 1. The van der Waals surface area contributed by atoms with Crippen molar-refractivity contribution in [3.63, 3.8) is 0 Å². The molecule has 2 aromatic carbocycles. The number of hydrogen-bond donors (Lipinski definition) is 2. The van der Waals surface area contributed by atoms with E-state index in [9.17, 15) is 9.59 Å². The van der Waals surface area contributed by atoms with Crippen molar-refractivity contribution in [1.82, 2.24) is 15.2 Å². The van der Waals surface area contributed by atoms with Crippen molar-refractivity contribution < 1.29 is 19.1 Å². The first kappa shape index (κ1) is 24.3. The SMILES string of the molecule is CN(C)CCc1c[nH]c2cccc(OC(=O)C(Cc3ccccc3)NC(=O)OC(C)(C)C)c12. The van der Waals surface area contributed by atoms with Gasteiger partial charge >= 0.3 is 12.1 Å². The standard InChI is InChI=1S/C26H33N3O4/c1-26(2,3)33-25(31)28-21(16-18-10-7-6-8-11-18)24(30)32-22-13-9-12-20-23(22)19(17-27-20)14-15-29(4)5/h6-13,17,21,27H,14-16H2,1-5H3,(H,28,31). The number of fused-ring (bicyclic) bond motifs is 1. The Hall–Kier alpha value is -3.32. The molecule has 1 aromatic heterocycles. The van der Waals surface area contributed by atoms with E-state index in [2.05, 4.69) is 15.2 Å². The summed E-state index contributed by atoms with van der Waals surface area (Å²) in [5.74, 6) is -0.0754. The quantitative estimate of drug-likeness (QED) is 0.394. The van der Waals surface area contributed by atoms with Crippen LogP contribution in [0.3, 0.4) is 0 Å². The average molecular weight is 452 g/mol. The van der Waals surface area contributed by atoms with Gasteiger partial charge in [-0.1, -0.05) is 36.4 Å². The Morgan fingerprint density at radius 3 is 2.45 bits per heavy atom. The average Bonchev–Trinajstić information content (AvgIpc) is 3.15. The van der Waals surface area contributed by atoms with Gasteiger partial charge in [-0.2, -0.15) is 0 Å². The highest BCUT2D eigenvalue weighted by Crippen LogP contribution is 2.29. The topological polar surface area (TPSA) is 83.7 Å². The number of aromatic nitrogens is 1. The van der Waals surface area contributed by atoms with Crippen LogP contribution in [-0.2, 0) is 22.4 Å². The number of nitrogens with zero attached hydrogens (tertiary/aromatic N) is 1. The summed E-state index contributed by atoms with van der Waals surface area (Å²) in [4.78, 5) is 31.0. The molecule has 0 aliphatic rings. The second kappa shape index (κ2) is 10.5. The number of alkyl carbamates (subject to hydrolysis) is 1. The maximum atomic E-state index is 13.3. The number of benzene rings is 2. The van der Waals surface area contributed by atoms with E-state index < -0.39 is 23.7 Å². The fourth-order valence-corrected chi connectivity index (χ4v) is 3.52. The summed E-state index contributed by atoms with van der Waals surface area (Å²) < 4.78 is 11.2. The van der Waals surface area contributed by atoms with Gasteiger partial charge in [-0.3, -0.25) is 0 Å². The number of ether oxygens (including phenoxy) is 2. The number of nitrogens with one attached hydrogen (secondary N) is 2. The highest BCUT2D eigenvalue weighted by Gasteiger charge is 2.27. The molecule has 0 saturated heterocycles. The lowest BCUT2D eigenvalue weighted by Gasteiger charge is -2.23. The molecule has 1 unspecified atom stereocenters. The molecule has 1 heterocycles. The molecule has 176 valence electrons. The molecule has 1 atom stereocenters. The molecular formula is C26H33N3O4. The molecule has 33 heavy (non-hydrogen) atoms. The van der Waals surface area contributed by atoms with Crippen molar-refractivity contribution in [2.75, 3.05) is 20.6 Å². The van der Waals surface area contributed by atoms with Crippen LogP contribution < -0.4 is 10.1 Å². The Labute approximate surface area is 195 Å². The Bertz CT molecular complexity index is 1080. The second-order valence-corrected chi connectivity index (χ2v) is 9.36. The molecule has 0 bridgehead atoms. The van der Waals surface area contributed by atoms with Gasteiger partial charge in [0.1, 0.15) is 17.4 Å². The Kier molecular flexibility index (Phi) is 7.76. The first-order valence-corrected chi connectivity index (χ1v) is 11.1. The maximum absolute atomic E-state index is 13.3. The van der Waals surface area contributed by atoms with Gasteiger partial charge in [0.15, 0.2) is 0 Å². The predicted octanol–water partition coefficient (Wildman–Crippen LogP) is 4.31. The molecule has 3 rings (SSSR count). The van der Waals surface area contributed by atoms with E-state index in [1.165, 1.54) is 0 Å². The minimum absolute atomic E-state index is 0.287. The summed E-state index contributed by atoms with van der Waals surface area (Å²) in [7, 11) is 4.04. The van der Waals surface area contributed by atoms with Crippen LogP contribution in [0.25, 0.3) is 10.9 Å². The summed E-state index contributed by atoms with van der Waals surface area (Å²) >= 11 is 0. The summed E-state index contributed by atoms with van der Waals surface area (Å²) in [6.07, 6.45) is 2.39. The molecule has 2 N–H and O–H groups in total. The Balaban J connectivity index is 1.84. The van der Waals surface area contributed by atoms with E-state index in [4.69, 9.17) is 9.47 Å². The lowest BCUT2D eigenvalue weighted by atomic mass is 10.1. The smallest absolute Gasteiger partial charge is 0.408 e. The van der Waals surface area contributed by atoms with Gasteiger partial charge in [-0.15, -0.1) is 0 Å². The molecule has 0 aliphatic carbocycles. The molecule has 0 radical (unpaired) electrons. The van der Waals surface area contributed by atoms with Crippen LogP contribution in [0.4, 0.5) is 4.79 Å². The van der Waals surface area contributed by atoms with Crippen molar-refractivity contribution in [1.29, 1.82) is 0 Å². The van der Waals surface area contributed by atoms with Crippen LogP contribution in [0.2, 0.25) is 0 Å². The van der Waals surface area contributed by atoms with Crippen LogP contribution in [0, 0.1) is 0 Å². The normalized spacial score (nSPS) is 12.5. The molecule has 1 amide bonds. The van der Waals surface area contributed by atoms with Crippen LogP contribution in [-0.4, -0.2) is 54.2 Å². The highest BCUT2D eigenvalue weighted by molar-refractivity contribution is 5.92. The van der Waals surface area contributed by atoms with E-state index in [-0.39, 0.29) is 6.42 Å². The zero-order valence-corrected chi connectivity index (χ0v) is 20.0. The van der Waals surface area contributed by atoms with Gasteiger partial charge in [0.05, 0.1) is 0 Å². The van der Waals surface area contributed by atoms with E-state index in [1.54, 1.807) is 26.8 Å². The third-order valence-electron chi connectivity index (χ3n) is 5.05. The Morgan fingerprint density at radius 1 is 1.06 bits per heavy atom. The van der Waals surface area contributed by atoms with Crippen molar-refractivity contribution in [2.24, 2.45) is 0 Å². The number of rotatable bonds is 8. The molecule has 0 aliphatic heterocycles. The molecule has 7 heteroatoms. The van der Waals surface area contributed by atoms with Gasteiger partial charge in [-0.05, 0) is 64.5 Å². The number of likely N-dealkylation sites (N-methyl/N-ethyl adjacent to an activating group) is 1. The number of aromatic amines is 1. The van der Waals surface area contributed by atoms with Gasteiger partial charge in [0.2, 0.25) is 0 Å². The maximum Gasteiger partial charge on any atom is 0.408 e. The van der Waals surface area contributed by atoms with Crippen molar-refractivity contribution in [3.8, 4) is 5.75 Å².